The van der Waals surface area contributed by atoms with Crippen LogP contribution in [0.5, 0.6) is 0 Å². The van der Waals surface area contributed by atoms with Gasteiger partial charge in [-0.3, -0.25) is 9.36 Å². The van der Waals surface area contributed by atoms with E-state index in [1.54, 1.807) is 12.7 Å². The van der Waals surface area contributed by atoms with Crippen LogP contribution in [0.25, 0.3) is 5.69 Å². The molecule has 1 unspecified atom stereocenters. The van der Waals surface area contributed by atoms with Crippen molar-refractivity contribution in [1.82, 2.24) is 19.7 Å². The Bertz CT molecular complexity index is 843. The number of carbonyl (C=O) groups excluding carboxylic acids is 1. The average Bonchev–Trinajstić information content (AvgIpc) is 3.24. The predicted octanol–water partition coefficient (Wildman–Crippen LogP) is 3.22. The first-order chi connectivity index (χ1) is 12.8. The Morgan fingerprint density at radius 1 is 1.00 bits per heavy atom. The molecular weight excluding hydrogens is 324 g/mol. The molecule has 5 nitrogen and oxygen atoms in total. The fourth-order valence-electron chi connectivity index (χ4n) is 3.61. The summed E-state index contributed by atoms with van der Waals surface area (Å²) in [5.41, 5.74) is 3.37. The van der Waals surface area contributed by atoms with Crippen LogP contribution in [0.4, 0.5) is 0 Å². The molecule has 132 valence electrons. The van der Waals surface area contributed by atoms with E-state index in [1.807, 2.05) is 39.8 Å². The van der Waals surface area contributed by atoms with Crippen molar-refractivity contribution in [3.05, 3.63) is 78.4 Å². The molecule has 0 N–H and O–H groups in total. The van der Waals surface area contributed by atoms with Crippen molar-refractivity contribution >= 4 is 5.91 Å². The zero-order valence-corrected chi connectivity index (χ0v) is 14.7. The highest BCUT2D eigenvalue weighted by Crippen LogP contribution is 2.27. The number of piperidine rings is 1. The molecule has 2 heterocycles. The van der Waals surface area contributed by atoms with E-state index in [1.165, 1.54) is 5.56 Å². The van der Waals surface area contributed by atoms with Crippen LogP contribution in [-0.2, 0) is 11.2 Å². The molecule has 5 heteroatoms. The maximum Gasteiger partial charge on any atom is 0.227 e. The highest BCUT2D eigenvalue weighted by atomic mass is 16.2. The summed E-state index contributed by atoms with van der Waals surface area (Å²) in [5, 5.41) is 7.63. The van der Waals surface area contributed by atoms with Crippen molar-refractivity contribution in [3.8, 4) is 5.69 Å². The number of aromatic nitrogens is 3. The Morgan fingerprint density at radius 3 is 2.46 bits per heavy atom. The Morgan fingerprint density at radius 2 is 1.73 bits per heavy atom. The molecule has 0 spiro atoms. The largest absolute Gasteiger partial charge is 0.342 e. The van der Waals surface area contributed by atoms with Crippen LogP contribution in [0.3, 0.4) is 0 Å². The molecule has 0 aliphatic carbocycles. The van der Waals surface area contributed by atoms with Crippen LogP contribution >= 0.6 is 0 Å². The summed E-state index contributed by atoms with van der Waals surface area (Å²) in [4.78, 5) is 14.8. The number of hydrogen-bond acceptors (Lipinski definition) is 3. The third-order valence-corrected chi connectivity index (χ3v) is 5.05. The number of likely N-dealkylation sites (tertiary alicyclic amines) is 1. The Kier molecular flexibility index (Phi) is 4.78. The van der Waals surface area contributed by atoms with Gasteiger partial charge in [0, 0.05) is 24.7 Å². The molecule has 1 aromatic heterocycles. The Labute approximate surface area is 153 Å². The van der Waals surface area contributed by atoms with Crippen LogP contribution in [0.15, 0.2) is 67.3 Å². The van der Waals surface area contributed by atoms with Gasteiger partial charge in [0.15, 0.2) is 0 Å². The number of rotatable bonds is 4. The normalized spacial score (nSPS) is 17.2. The second kappa shape index (κ2) is 7.52. The molecule has 26 heavy (non-hydrogen) atoms. The van der Waals surface area contributed by atoms with Crippen molar-refractivity contribution in [1.29, 1.82) is 0 Å². The molecular formula is C21H22N4O. The van der Waals surface area contributed by atoms with Gasteiger partial charge in [-0.1, -0.05) is 42.5 Å². The van der Waals surface area contributed by atoms with E-state index in [0.717, 1.165) is 37.2 Å². The lowest BCUT2D eigenvalue weighted by molar-refractivity contribution is -0.131. The Balaban J connectivity index is 1.40. The van der Waals surface area contributed by atoms with E-state index in [-0.39, 0.29) is 5.91 Å². The molecule has 0 radical (unpaired) electrons. The van der Waals surface area contributed by atoms with Gasteiger partial charge >= 0.3 is 0 Å². The first-order valence-corrected chi connectivity index (χ1v) is 9.06. The number of hydrogen-bond donors (Lipinski definition) is 0. The van der Waals surface area contributed by atoms with Gasteiger partial charge in [0.05, 0.1) is 6.42 Å². The third-order valence-electron chi connectivity index (χ3n) is 5.05. The highest BCUT2D eigenvalue weighted by molar-refractivity contribution is 5.79. The van der Waals surface area contributed by atoms with Gasteiger partial charge in [-0.25, -0.2) is 0 Å². The summed E-state index contributed by atoms with van der Waals surface area (Å²) in [5.74, 6) is 0.660. The Hall–Kier alpha value is -2.95. The fraction of sp³-hybridized carbons (Fsp3) is 0.286. The lowest BCUT2D eigenvalue weighted by Crippen LogP contribution is -2.39. The molecule has 0 saturated carbocycles. The molecule has 3 aromatic rings. The van der Waals surface area contributed by atoms with Gasteiger partial charge in [0.2, 0.25) is 5.91 Å². The van der Waals surface area contributed by atoms with Gasteiger partial charge in [0.1, 0.15) is 12.7 Å². The minimum Gasteiger partial charge on any atom is -0.342 e. The number of carbonyl (C=O) groups is 1. The zero-order valence-electron chi connectivity index (χ0n) is 14.7. The minimum absolute atomic E-state index is 0.211. The fourth-order valence-corrected chi connectivity index (χ4v) is 3.61. The predicted molar refractivity (Wildman–Crippen MR) is 100 cm³/mol. The number of benzene rings is 2. The number of amides is 1. The summed E-state index contributed by atoms with van der Waals surface area (Å²) < 4.78 is 1.85. The van der Waals surface area contributed by atoms with Crippen LogP contribution in [0.1, 0.15) is 29.9 Å². The molecule has 1 fully saturated rings. The maximum atomic E-state index is 12.8. The second-order valence-electron chi connectivity index (χ2n) is 6.80. The summed E-state index contributed by atoms with van der Waals surface area (Å²) in [6.45, 7) is 1.68. The molecule has 1 aliphatic rings. The van der Waals surface area contributed by atoms with Gasteiger partial charge in [0.25, 0.3) is 0 Å². The molecule has 0 bridgehead atoms. The summed E-state index contributed by atoms with van der Waals surface area (Å²) in [6, 6.07) is 18.5. The van der Waals surface area contributed by atoms with E-state index < -0.39 is 0 Å². The van der Waals surface area contributed by atoms with Crippen LogP contribution in [0.2, 0.25) is 0 Å². The molecule has 4 rings (SSSR count). The zero-order chi connectivity index (χ0) is 17.8. The molecule has 1 saturated heterocycles. The maximum absolute atomic E-state index is 12.8. The van der Waals surface area contributed by atoms with Gasteiger partial charge in [-0.2, -0.15) is 0 Å². The highest BCUT2D eigenvalue weighted by Gasteiger charge is 2.24. The minimum atomic E-state index is 0.211. The van der Waals surface area contributed by atoms with Crippen molar-refractivity contribution in [2.24, 2.45) is 0 Å². The van der Waals surface area contributed by atoms with Crippen molar-refractivity contribution in [2.75, 3.05) is 13.1 Å². The van der Waals surface area contributed by atoms with E-state index in [9.17, 15) is 4.79 Å². The molecule has 2 aromatic carbocycles. The van der Waals surface area contributed by atoms with Gasteiger partial charge in [-0.15, -0.1) is 10.2 Å². The van der Waals surface area contributed by atoms with Crippen LogP contribution in [0, 0.1) is 0 Å². The summed E-state index contributed by atoms with van der Waals surface area (Å²) in [7, 11) is 0. The van der Waals surface area contributed by atoms with Crippen molar-refractivity contribution < 1.29 is 4.79 Å². The first-order valence-electron chi connectivity index (χ1n) is 9.06. The van der Waals surface area contributed by atoms with Crippen LogP contribution in [-0.4, -0.2) is 38.7 Å². The number of nitrogens with zero attached hydrogens (tertiary/aromatic N) is 4. The SMILES string of the molecule is O=C(Cc1ccc(-n2cnnc2)cc1)N1CCCC(c2ccccc2)C1. The lowest BCUT2D eigenvalue weighted by Gasteiger charge is -2.33. The van der Waals surface area contributed by atoms with Gasteiger partial charge in [-0.05, 0) is 36.1 Å². The van der Waals surface area contributed by atoms with Crippen molar-refractivity contribution in [2.45, 2.75) is 25.2 Å². The van der Waals surface area contributed by atoms with E-state index in [2.05, 4.69) is 34.5 Å². The smallest absolute Gasteiger partial charge is 0.227 e. The molecule has 1 aliphatic heterocycles. The van der Waals surface area contributed by atoms with Gasteiger partial charge < -0.3 is 4.90 Å². The van der Waals surface area contributed by atoms with E-state index >= 15 is 0 Å². The standard InChI is InChI=1S/C21H22N4O/c26-21(13-17-8-10-20(11-9-17)25-15-22-23-16-25)24-12-4-7-19(14-24)18-5-2-1-3-6-18/h1-3,5-6,8-11,15-16,19H,4,7,12-14H2. The molecule has 1 atom stereocenters. The topological polar surface area (TPSA) is 51.0 Å². The van der Waals surface area contributed by atoms with Crippen LogP contribution < -0.4 is 0 Å². The van der Waals surface area contributed by atoms with Crippen molar-refractivity contribution in [3.63, 3.8) is 0 Å². The first kappa shape index (κ1) is 16.5. The lowest BCUT2D eigenvalue weighted by atomic mass is 9.90. The molecule has 1 amide bonds. The summed E-state index contributed by atoms with van der Waals surface area (Å²) in [6.07, 6.45) is 6.00. The average molecular weight is 346 g/mol. The summed E-state index contributed by atoms with van der Waals surface area (Å²) >= 11 is 0. The quantitative estimate of drug-likeness (QED) is 0.729. The third kappa shape index (κ3) is 3.67. The van der Waals surface area contributed by atoms with E-state index in [4.69, 9.17) is 0 Å². The van der Waals surface area contributed by atoms with E-state index in [0.29, 0.717) is 12.3 Å². The second-order valence-corrected chi connectivity index (χ2v) is 6.80. The monoisotopic (exact) mass is 346 g/mol.